The van der Waals surface area contributed by atoms with Crippen molar-refractivity contribution in [2.45, 2.75) is 6.18 Å². The van der Waals surface area contributed by atoms with Crippen LogP contribution in [-0.4, -0.2) is 4.98 Å². The van der Waals surface area contributed by atoms with Crippen LogP contribution in [0.15, 0.2) is 29.2 Å². The highest BCUT2D eigenvalue weighted by Gasteiger charge is 2.37. The van der Waals surface area contributed by atoms with Crippen molar-refractivity contribution in [1.82, 2.24) is 4.98 Å². The van der Waals surface area contributed by atoms with Crippen molar-refractivity contribution in [3.05, 3.63) is 55.4 Å². The Morgan fingerprint density at radius 3 is 2.10 bits per heavy atom. The Bertz CT molecular complexity index is 702. The molecule has 20 heavy (non-hydrogen) atoms. The summed E-state index contributed by atoms with van der Waals surface area (Å²) in [7, 11) is 0. The summed E-state index contributed by atoms with van der Waals surface area (Å²) in [6, 6.07) is 3.60. The molecule has 0 aliphatic rings. The molecule has 8 heteroatoms. The quantitative estimate of drug-likeness (QED) is 0.775. The largest absolute Gasteiger partial charge is 0.422 e. The van der Waals surface area contributed by atoms with E-state index in [9.17, 15) is 18.0 Å². The van der Waals surface area contributed by atoms with Gasteiger partial charge in [-0.25, -0.2) is 0 Å². The van der Waals surface area contributed by atoms with Gasteiger partial charge in [-0.15, -0.1) is 0 Å². The van der Waals surface area contributed by atoms with E-state index in [1.54, 1.807) is 0 Å². The molecule has 0 unspecified atom stereocenters. The van der Waals surface area contributed by atoms with Gasteiger partial charge in [0.15, 0.2) is 0 Å². The van der Waals surface area contributed by atoms with E-state index in [1.807, 2.05) is 4.98 Å². The lowest BCUT2D eigenvalue weighted by molar-refractivity contribution is -0.138. The van der Waals surface area contributed by atoms with Gasteiger partial charge in [0.1, 0.15) is 5.56 Å². The molecule has 0 aliphatic heterocycles. The molecule has 2 aromatic rings. The van der Waals surface area contributed by atoms with Crippen molar-refractivity contribution in [2.75, 3.05) is 0 Å². The summed E-state index contributed by atoms with van der Waals surface area (Å²) in [5.74, 6) is 0. The molecule has 1 heterocycles. The van der Waals surface area contributed by atoms with Gasteiger partial charge in [0, 0.05) is 22.3 Å². The summed E-state index contributed by atoms with van der Waals surface area (Å²) >= 11 is 17.5. The third kappa shape index (κ3) is 2.80. The lowest BCUT2D eigenvalue weighted by atomic mass is 10.0. The molecular formula is C12H5Cl3F3NO. The van der Waals surface area contributed by atoms with Gasteiger partial charge in [-0.2, -0.15) is 13.2 Å². The van der Waals surface area contributed by atoms with Crippen LogP contribution in [0.3, 0.4) is 0 Å². The third-order valence-electron chi connectivity index (χ3n) is 2.52. The maximum Gasteiger partial charge on any atom is 0.422 e. The van der Waals surface area contributed by atoms with E-state index in [0.717, 1.165) is 12.3 Å². The van der Waals surface area contributed by atoms with Gasteiger partial charge in [0.2, 0.25) is 0 Å². The molecule has 2 rings (SSSR count). The molecule has 106 valence electrons. The van der Waals surface area contributed by atoms with Crippen LogP contribution in [0.1, 0.15) is 5.56 Å². The molecule has 0 spiro atoms. The van der Waals surface area contributed by atoms with Crippen molar-refractivity contribution in [3.8, 4) is 11.1 Å². The van der Waals surface area contributed by atoms with Gasteiger partial charge in [0.05, 0.1) is 10.0 Å². The number of H-pyrrole nitrogens is 1. The fraction of sp³-hybridized carbons (Fsp3) is 0.0833. The second-order valence-corrected chi connectivity index (χ2v) is 5.09. The van der Waals surface area contributed by atoms with Gasteiger partial charge >= 0.3 is 6.18 Å². The first-order chi connectivity index (χ1) is 9.21. The predicted octanol–water partition coefficient (Wildman–Crippen LogP) is 5.02. The minimum Gasteiger partial charge on any atom is -0.329 e. The maximum absolute atomic E-state index is 13.0. The molecule has 2 nitrogen and oxygen atoms in total. The van der Waals surface area contributed by atoms with E-state index in [1.165, 1.54) is 12.1 Å². The highest BCUT2D eigenvalue weighted by Crippen LogP contribution is 2.41. The first kappa shape index (κ1) is 15.2. The molecule has 1 aromatic heterocycles. The van der Waals surface area contributed by atoms with Crippen LogP contribution in [0.2, 0.25) is 15.1 Å². The Kier molecular flexibility index (Phi) is 4.04. The SMILES string of the molecule is O=c1[nH]ccc(-c2c(Cl)cc(Cl)cc2Cl)c1C(F)(F)F. The molecular weight excluding hydrogens is 337 g/mol. The predicted molar refractivity (Wildman–Crippen MR) is 72.5 cm³/mol. The minimum atomic E-state index is -4.84. The van der Waals surface area contributed by atoms with Crippen LogP contribution in [0.4, 0.5) is 13.2 Å². The fourth-order valence-electron chi connectivity index (χ4n) is 1.77. The van der Waals surface area contributed by atoms with E-state index < -0.39 is 22.9 Å². The maximum atomic E-state index is 13.0. The molecule has 0 bridgehead atoms. The smallest absolute Gasteiger partial charge is 0.329 e. The van der Waals surface area contributed by atoms with Crippen LogP contribution in [0, 0.1) is 0 Å². The summed E-state index contributed by atoms with van der Waals surface area (Å²) in [5, 5.41) is 0.0411. The standard InChI is InChI=1S/C12H5Cl3F3NO/c13-5-3-7(14)9(8(15)4-5)6-1-2-19-11(20)10(6)12(16,17)18/h1-4H,(H,19,20). The van der Waals surface area contributed by atoms with Crippen LogP contribution < -0.4 is 5.56 Å². The number of aromatic nitrogens is 1. The minimum absolute atomic E-state index is 0.0707. The topological polar surface area (TPSA) is 32.9 Å². The number of alkyl halides is 3. The average molecular weight is 343 g/mol. The van der Waals surface area contributed by atoms with Crippen LogP contribution >= 0.6 is 34.8 Å². The molecule has 0 radical (unpaired) electrons. The van der Waals surface area contributed by atoms with Crippen LogP contribution in [0.25, 0.3) is 11.1 Å². The number of aromatic amines is 1. The number of nitrogens with one attached hydrogen (secondary N) is 1. The van der Waals surface area contributed by atoms with Crippen LogP contribution in [0.5, 0.6) is 0 Å². The zero-order valence-corrected chi connectivity index (χ0v) is 11.8. The summed E-state index contributed by atoms with van der Waals surface area (Å²) in [4.78, 5) is 13.4. The first-order valence-electron chi connectivity index (χ1n) is 5.15. The van der Waals surface area contributed by atoms with E-state index in [2.05, 4.69) is 0 Å². The van der Waals surface area contributed by atoms with Crippen LogP contribution in [-0.2, 0) is 6.18 Å². The summed E-state index contributed by atoms with van der Waals surface area (Å²) < 4.78 is 39.0. The summed E-state index contributed by atoms with van der Waals surface area (Å²) in [6.07, 6.45) is -3.75. The van der Waals surface area contributed by atoms with E-state index in [-0.39, 0.29) is 20.6 Å². The Morgan fingerprint density at radius 2 is 1.60 bits per heavy atom. The average Bonchev–Trinajstić information content (AvgIpc) is 2.25. The number of rotatable bonds is 1. The molecule has 0 aliphatic carbocycles. The molecule has 0 amide bonds. The zero-order chi connectivity index (χ0) is 15.1. The van der Waals surface area contributed by atoms with Gasteiger partial charge in [-0.1, -0.05) is 34.8 Å². The number of halogens is 6. The normalized spacial score (nSPS) is 11.7. The van der Waals surface area contributed by atoms with E-state index in [4.69, 9.17) is 34.8 Å². The summed E-state index contributed by atoms with van der Waals surface area (Å²) in [5.41, 5.74) is -3.10. The van der Waals surface area contributed by atoms with Crippen molar-refractivity contribution in [2.24, 2.45) is 0 Å². The molecule has 0 atom stereocenters. The van der Waals surface area contributed by atoms with Crippen molar-refractivity contribution in [3.63, 3.8) is 0 Å². The Balaban J connectivity index is 2.85. The van der Waals surface area contributed by atoms with Crippen molar-refractivity contribution < 1.29 is 13.2 Å². The number of hydrogen-bond acceptors (Lipinski definition) is 1. The number of pyridine rings is 1. The monoisotopic (exact) mass is 341 g/mol. The molecule has 1 N–H and O–H groups in total. The Morgan fingerprint density at radius 1 is 1.05 bits per heavy atom. The second kappa shape index (κ2) is 5.31. The first-order valence-corrected chi connectivity index (χ1v) is 6.29. The van der Waals surface area contributed by atoms with Crippen molar-refractivity contribution in [1.29, 1.82) is 0 Å². The van der Waals surface area contributed by atoms with Gasteiger partial charge < -0.3 is 4.98 Å². The van der Waals surface area contributed by atoms with E-state index in [0.29, 0.717) is 0 Å². The highest BCUT2D eigenvalue weighted by molar-refractivity contribution is 6.41. The lowest BCUT2D eigenvalue weighted by Gasteiger charge is -2.14. The number of benzene rings is 1. The second-order valence-electron chi connectivity index (χ2n) is 3.84. The van der Waals surface area contributed by atoms with E-state index >= 15 is 0 Å². The fourth-order valence-corrected chi connectivity index (χ4v) is 2.79. The highest BCUT2D eigenvalue weighted by atomic mass is 35.5. The van der Waals surface area contributed by atoms with Crippen molar-refractivity contribution >= 4 is 34.8 Å². The molecule has 0 fully saturated rings. The summed E-state index contributed by atoms with van der Waals surface area (Å²) in [6.45, 7) is 0. The Hall–Kier alpha value is -1.17. The van der Waals surface area contributed by atoms with Gasteiger partial charge in [-0.05, 0) is 18.2 Å². The molecule has 0 saturated heterocycles. The third-order valence-corrected chi connectivity index (χ3v) is 3.33. The molecule has 0 saturated carbocycles. The lowest BCUT2D eigenvalue weighted by Crippen LogP contribution is -2.22. The Labute approximate surface area is 126 Å². The van der Waals surface area contributed by atoms with Gasteiger partial charge in [-0.3, -0.25) is 4.79 Å². The van der Waals surface area contributed by atoms with Gasteiger partial charge in [0.25, 0.3) is 5.56 Å². The number of hydrogen-bond donors (Lipinski definition) is 1. The zero-order valence-electron chi connectivity index (χ0n) is 9.49. The molecule has 1 aromatic carbocycles.